The molecule has 1 saturated carbocycles. The van der Waals surface area contributed by atoms with Gasteiger partial charge in [-0.05, 0) is 18.9 Å². The van der Waals surface area contributed by atoms with Crippen LogP contribution in [0.15, 0.2) is 24.3 Å². The van der Waals surface area contributed by atoms with E-state index in [-0.39, 0.29) is 18.4 Å². The van der Waals surface area contributed by atoms with Gasteiger partial charge in [0.25, 0.3) is 0 Å². The third-order valence-electron chi connectivity index (χ3n) is 3.15. The normalized spacial score (nSPS) is 13.6. The molecule has 20 heavy (non-hydrogen) atoms. The van der Waals surface area contributed by atoms with Gasteiger partial charge >= 0.3 is 0 Å². The second kappa shape index (κ2) is 7.56. The molecule has 1 fully saturated rings. The standard InChI is InChI=1S/C16H20N2O2/c1-2-11-20-15-6-4-3-5-14(15)12-17-9-10-18-16(19)13-7-8-13/h1,3-6,13,17H,7-12H2,(H,18,19). The first-order chi connectivity index (χ1) is 9.81. The summed E-state index contributed by atoms with van der Waals surface area (Å²) in [6, 6.07) is 7.80. The van der Waals surface area contributed by atoms with E-state index in [4.69, 9.17) is 11.2 Å². The maximum Gasteiger partial charge on any atom is 0.223 e. The van der Waals surface area contributed by atoms with Crippen LogP contribution < -0.4 is 15.4 Å². The lowest BCUT2D eigenvalue weighted by Crippen LogP contribution is -2.32. The van der Waals surface area contributed by atoms with Crippen LogP contribution in [0.4, 0.5) is 0 Å². The summed E-state index contributed by atoms with van der Waals surface area (Å²) >= 11 is 0. The predicted octanol–water partition coefficient (Wildman–Crippen LogP) is 1.31. The monoisotopic (exact) mass is 272 g/mol. The van der Waals surface area contributed by atoms with Crippen molar-refractivity contribution in [2.24, 2.45) is 5.92 Å². The molecule has 1 aliphatic carbocycles. The van der Waals surface area contributed by atoms with E-state index in [1.54, 1.807) is 0 Å². The van der Waals surface area contributed by atoms with Crippen molar-refractivity contribution in [2.75, 3.05) is 19.7 Å². The Labute approximate surface area is 119 Å². The Morgan fingerprint density at radius 3 is 2.90 bits per heavy atom. The Morgan fingerprint density at radius 2 is 2.15 bits per heavy atom. The summed E-state index contributed by atoms with van der Waals surface area (Å²) < 4.78 is 5.48. The molecule has 2 N–H and O–H groups in total. The van der Waals surface area contributed by atoms with Crippen molar-refractivity contribution in [3.8, 4) is 18.1 Å². The van der Waals surface area contributed by atoms with Crippen LogP contribution >= 0.6 is 0 Å². The van der Waals surface area contributed by atoms with Gasteiger partial charge in [0.15, 0.2) is 0 Å². The molecule has 1 aromatic carbocycles. The van der Waals surface area contributed by atoms with Gasteiger partial charge < -0.3 is 15.4 Å². The van der Waals surface area contributed by atoms with E-state index in [1.165, 1.54) is 0 Å². The first-order valence-electron chi connectivity index (χ1n) is 6.94. The SMILES string of the molecule is C#CCOc1ccccc1CNCCNC(=O)C1CC1. The molecule has 0 heterocycles. The number of carbonyl (C=O) groups excluding carboxylic acids is 1. The van der Waals surface area contributed by atoms with Gasteiger partial charge in [-0.25, -0.2) is 0 Å². The summed E-state index contributed by atoms with van der Waals surface area (Å²) in [5.74, 6) is 3.72. The minimum atomic E-state index is 0.185. The van der Waals surface area contributed by atoms with Crippen LogP contribution in [-0.2, 0) is 11.3 Å². The summed E-state index contributed by atoms with van der Waals surface area (Å²) in [6.07, 6.45) is 7.27. The maximum absolute atomic E-state index is 11.4. The number of para-hydroxylation sites is 1. The van der Waals surface area contributed by atoms with Gasteiger partial charge in [-0.3, -0.25) is 4.79 Å². The van der Waals surface area contributed by atoms with Crippen molar-refractivity contribution in [2.45, 2.75) is 19.4 Å². The lowest BCUT2D eigenvalue weighted by Gasteiger charge is -2.11. The summed E-state index contributed by atoms with van der Waals surface area (Å²) in [6.45, 7) is 2.36. The van der Waals surface area contributed by atoms with E-state index in [1.807, 2.05) is 24.3 Å². The molecule has 0 unspecified atom stereocenters. The van der Waals surface area contributed by atoms with Gasteiger partial charge in [-0.15, -0.1) is 6.42 Å². The number of hydrogen-bond acceptors (Lipinski definition) is 3. The molecule has 4 heteroatoms. The van der Waals surface area contributed by atoms with Crippen LogP contribution in [-0.4, -0.2) is 25.6 Å². The van der Waals surface area contributed by atoms with Crippen LogP contribution in [0.25, 0.3) is 0 Å². The quantitative estimate of drug-likeness (QED) is 0.554. The zero-order chi connectivity index (χ0) is 14.2. The van der Waals surface area contributed by atoms with Crippen molar-refractivity contribution in [3.63, 3.8) is 0 Å². The van der Waals surface area contributed by atoms with Crippen molar-refractivity contribution in [1.82, 2.24) is 10.6 Å². The molecule has 0 saturated heterocycles. The molecule has 0 aliphatic heterocycles. The lowest BCUT2D eigenvalue weighted by molar-refractivity contribution is -0.122. The molecule has 4 nitrogen and oxygen atoms in total. The molecule has 0 bridgehead atoms. The van der Waals surface area contributed by atoms with Crippen LogP contribution in [0.2, 0.25) is 0 Å². The number of terminal acetylenes is 1. The summed E-state index contributed by atoms with van der Waals surface area (Å²) in [4.78, 5) is 11.4. The van der Waals surface area contributed by atoms with E-state index in [9.17, 15) is 4.79 Å². The van der Waals surface area contributed by atoms with Crippen molar-refractivity contribution in [1.29, 1.82) is 0 Å². The van der Waals surface area contributed by atoms with Crippen LogP contribution in [0.3, 0.4) is 0 Å². The zero-order valence-electron chi connectivity index (χ0n) is 11.5. The molecule has 1 aliphatic rings. The molecule has 0 atom stereocenters. The van der Waals surface area contributed by atoms with Crippen LogP contribution in [0, 0.1) is 18.3 Å². The predicted molar refractivity (Wildman–Crippen MR) is 78.2 cm³/mol. The highest BCUT2D eigenvalue weighted by atomic mass is 16.5. The van der Waals surface area contributed by atoms with E-state index >= 15 is 0 Å². The van der Waals surface area contributed by atoms with Gasteiger partial charge in [-0.2, -0.15) is 0 Å². The van der Waals surface area contributed by atoms with E-state index in [0.717, 1.165) is 30.7 Å². The summed E-state index contributed by atoms with van der Waals surface area (Å²) in [5.41, 5.74) is 1.07. The Hall–Kier alpha value is -1.99. The van der Waals surface area contributed by atoms with Gasteiger partial charge in [0, 0.05) is 31.1 Å². The Morgan fingerprint density at radius 1 is 1.35 bits per heavy atom. The van der Waals surface area contributed by atoms with E-state index in [0.29, 0.717) is 13.1 Å². The average molecular weight is 272 g/mol. The number of benzene rings is 1. The zero-order valence-corrected chi connectivity index (χ0v) is 11.5. The van der Waals surface area contributed by atoms with Crippen molar-refractivity contribution >= 4 is 5.91 Å². The highest BCUT2D eigenvalue weighted by Crippen LogP contribution is 2.28. The molecule has 1 amide bonds. The van der Waals surface area contributed by atoms with Gasteiger partial charge in [0.1, 0.15) is 12.4 Å². The van der Waals surface area contributed by atoms with Gasteiger partial charge in [0.2, 0.25) is 5.91 Å². The van der Waals surface area contributed by atoms with Crippen LogP contribution in [0.5, 0.6) is 5.75 Å². The topological polar surface area (TPSA) is 50.4 Å². The minimum absolute atomic E-state index is 0.185. The summed E-state index contributed by atoms with van der Waals surface area (Å²) in [7, 11) is 0. The fourth-order valence-electron chi connectivity index (χ4n) is 1.90. The number of nitrogens with one attached hydrogen (secondary N) is 2. The molecule has 0 aromatic heterocycles. The number of rotatable bonds is 8. The average Bonchev–Trinajstić information content (AvgIpc) is 3.30. The van der Waals surface area contributed by atoms with Gasteiger partial charge in [0.05, 0.1) is 0 Å². The molecule has 0 radical (unpaired) electrons. The number of amides is 1. The third-order valence-corrected chi connectivity index (χ3v) is 3.15. The largest absolute Gasteiger partial charge is 0.481 e. The lowest BCUT2D eigenvalue weighted by atomic mass is 10.2. The smallest absolute Gasteiger partial charge is 0.223 e. The fraction of sp³-hybridized carbons (Fsp3) is 0.438. The Balaban J connectivity index is 1.67. The highest BCUT2D eigenvalue weighted by Gasteiger charge is 2.28. The molecule has 0 spiro atoms. The Bertz CT molecular complexity index is 489. The summed E-state index contributed by atoms with van der Waals surface area (Å²) in [5, 5.41) is 6.21. The van der Waals surface area contributed by atoms with E-state index < -0.39 is 0 Å². The minimum Gasteiger partial charge on any atom is -0.481 e. The molecule has 106 valence electrons. The highest BCUT2D eigenvalue weighted by molar-refractivity contribution is 5.80. The number of hydrogen-bond donors (Lipinski definition) is 2. The molecular weight excluding hydrogens is 252 g/mol. The number of carbonyl (C=O) groups is 1. The molecule has 1 aromatic rings. The first-order valence-corrected chi connectivity index (χ1v) is 6.94. The first kappa shape index (κ1) is 14.4. The molecular formula is C16H20N2O2. The van der Waals surface area contributed by atoms with Crippen molar-refractivity contribution < 1.29 is 9.53 Å². The molecule has 2 rings (SSSR count). The second-order valence-electron chi connectivity index (χ2n) is 4.84. The van der Waals surface area contributed by atoms with Gasteiger partial charge in [-0.1, -0.05) is 24.1 Å². The maximum atomic E-state index is 11.4. The third kappa shape index (κ3) is 4.60. The number of ether oxygens (including phenoxy) is 1. The second-order valence-corrected chi connectivity index (χ2v) is 4.84. The Kier molecular flexibility index (Phi) is 5.45. The fourth-order valence-corrected chi connectivity index (χ4v) is 1.90. The van der Waals surface area contributed by atoms with Crippen LogP contribution in [0.1, 0.15) is 18.4 Å². The van der Waals surface area contributed by atoms with Crippen molar-refractivity contribution in [3.05, 3.63) is 29.8 Å². The van der Waals surface area contributed by atoms with E-state index in [2.05, 4.69) is 16.6 Å².